The average molecular weight is 300 g/mol. The molecular weight excluding hydrogens is 280 g/mol. The molecule has 2 N–H and O–H groups in total. The number of ether oxygens (including phenoxy) is 3. The molecule has 1 aliphatic rings. The van der Waals surface area contributed by atoms with E-state index in [1.165, 1.54) is 11.3 Å². The van der Waals surface area contributed by atoms with Crippen molar-refractivity contribution in [2.75, 3.05) is 44.0 Å². The van der Waals surface area contributed by atoms with Crippen LogP contribution in [0.4, 0.5) is 10.7 Å². The molecule has 1 aromatic heterocycles. The number of methoxy groups -OCH3 is 1. The predicted octanol–water partition coefficient (Wildman–Crippen LogP) is 1.74. The van der Waals surface area contributed by atoms with Crippen LogP contribution in [0.2, 0.25) is 0 Å². The van der Waals surface area contributed by atoms with Crippen molar-refractivity contribution in [3.63, 3.8) is 0 Å². The monoisotopic (exact) mass is 300 g/mol. The number of nitrogen functional groups attached to an aromatic ring is 1. The number of carbonyl (C=O) groups excluding carboxylic acids is 1. The van der Waals surface area contributed by atoms with E-state index in [9.17, 15) is 4.79 Å². The van der Waals surface area contributed by atoms with Gasteiger partial charge in [-0.15, -0.1) is 11.3 Å². The third-order valence-corrected chi connectivity index (χ3v) is 4.30. The summed E-state index contributed by atoms with van der Waals surface area (Å²) in [6, 6.07) is 0. The molecule has 1 atom stereocenters. The second kappa shape index (κ2) is 6.32. The van der Waals surface area contributed by atoms with Crippen LogP contribution in [0.5, 0.6) is 5.75 Å². The third-order valence-electron chi connectivity index (χ3n) is 3.08. The van der Waals surface area contributed by atoms with Crippen molar-refractivity contribution in [1.82, 2.24) is 0 Å². The van der Waals surface area contributed by atoms with Crippen molar-refractivity contribution in [1.29, 1.82) is 0 Å². The largest absolute Gasteiger partial charge is 0.492 e. The summed E-state index contributed by atoms with van der Waals surface area (Å²) in [4.78, 5) is 14.4. The zero-order chi connectivity index (χ0) is 14.7. The highest BCUT2D eigenvalue weighted by molar-refractivity contribution is 7.19. The summed E-state index contributed by atoms with van der Waals surface area (Å²) >= 11 is 1.31. The highest BCUT2D eigenvalue weighted by Crippen LogP contribution is 2.45. The number of nitrogens with two attached hydrogens (primary N) is 1. The first kappa shape index (κ1) is 14.9. The van der Waals surface area contributed by atoms with E-state index in [1.54, 1.807) is 14.0 Å². The van der Waals surface area contributed by atoms with Gasteiger partial charge in [-0.25, -0.2) is 4.79 Å². The number of thiophene rings is 1. The molecule has 2 rings (SSSR count). The van der Waals surface area contributed by atoms with Crippen LogP contribution >= 0.6 is 11.3 Å². The van der Waals surface area contributed by atoms with E-state index >= 15 is 0 Å². The minimum absolute atomic E-state index is 0.142. The SMILES string of the molecule is CCOC(=O)c1sc(N2CCOC(C)C2)c(OC)c1N. The van der Waals surface area contributed by atoms with Crippen molar-refractivity contribution >= 4 is 28.0 Å². The summed E-state index contributed by atoms with van der Waals surface area (Å²) < 4.78 is 15.9. The van der Waals surface area contributed by atoms with E-state index in [0.29, 0.717) is 29.5 Å². The van der Waals surface area contributed by atoms with Crippen LogP contribution in [0.1, 0.15) is 23.5 Å². The summed E-state index contributed by atoms with van der Waals surface area (Å²) in [7, 11) is 1.56. The lowest BCUT2D eigenvalue weighted by Gasteiger charge is -2.32. The van der Waals surface area contributed by atoms with E-state index in [1.807, 2.05) is 6.92 Å². The molecule has 2 heterocycles. The number of anilines is 2. The molecule has 1 aliphatic heterocycles. The first-order chi connectivity index (χ1) is 9.58. The minimum atomic E-state index is -0.402. The molecule has 0 aliphatic carbocycles. The number of esters is 1. The van der Waals surface area contributed by atoms with Gasteiger partial charge in [-0.2, -0.15) is 0 Å². The number of carbonyl (C=O) groups is 1. The van der Waals surface area contributed by atoms with E-state index < -0.39 is 5.97 Å². The molecule has 7 heteroatoms. The molecule has 0 radical (unpaired) electrons. The van der Waals surface area contributed by atoms with E-state index in [-0.39, 0.29) is 6.10 Å². The van der Waals surface area contributed by atoms with Crippen LogP contribution in [-0.4, -0.2) is 45.5 Å². The van der Waals surface area contributed by atoms with Gasteiger partial charge in [0.25, 0.3) is 0 Å². The molecular formula is C13H20N2O4S. The Morgan fingerprint density at radius 1 is 1.60 bits per heavy atom. The Labute approximate surface area is 122 Å². The van der Waals surface area contributed by atoms with Gasteiger partial charge < -0.3 is 24.8 Å². The van der Waals surface area contributed by atoms with Crippen LogP contribution in [0.25, 0.3) is 0 Å². The Kier molecular flexibility index (Phi) is 4.72. The van der Waals surface area contributed by atoms with Crippen LogP contribution in [0.15, 0.2) is 0 Å². The summed E-state index contributed by atoms with van der Waals surface area (Å²) in [6.45, 7) is 6.26. The fraction of sp³-hybridized carbons (Fsp3) is 0.615. The van der Waals surface area contributed by atoms with Gasteiger partial charge in [-0.3, -0.25) is 0 Å². The van der Waals surface area contributed by atoms with Crippen LogP contribution < -0.4 is 15.4 Å². The smallest absolute Gasteiger partial charge is 0.350 e. The summed E-state index contributed by atoms with van der Waals surface area (Å²) in [5.74, 6) is 0.146. The standard InChI is InChI=1S/C13H20N2O4S/c1-4-18-13(16)11-9(14)10(17-3)12(20-11)15-5-6-19-8(2)7-15/h8H,4-7,14H2,1-3H3. The lowest BCUT2D eigenvalue weighted by atomic mass is 10.3. The molecule has 6 nitrogen and oxygen atoms in total. The van der Waals surface area contributed by atoms with Gasteiger partial charge in [0.2, 0.25) is 0 Å². The molecule has 1 saturated heterocycles. The molecule has 1 fully saturated rings. The molecule has 20 heavy (non-hydrogen) atoms. The van der Waals surface area contributed by atoms with E-state index in [4.69, 9.17) is 19.9 Å². The van der Waals surface area contributed by atoms with Gasteiger partial charge in [0, 0.05) is 13.1 Å². The zero-order valence-corrected chi connectivity index (χ0v) is 12.8. The second-order valence-corrected chi connectivity index (χ2v) is 5.53. The van der Waals surface area contributed by atoms with Crippen LogP contribution in [0.3, 0.4) is 0 Å². The maximum absolute atomic E-state index is 11.9. The molecule has 1 aromatic rings. The normalized spacial score (nSPS) is 18.9. The highest BCUT2D eigenvalue weighted by Gasteiger charge is 2.28. The van der Waals surface area contributed by atoms with E-state index in [0.717, 1.165) is 18.1 Å². The fourth-order valence-corrected chi connectivity index (χ4v) is 3.29. The van der Waals surface area contributed by atoms with Crippen molar-refractivity contribution in [3.05, 3.63) is 4.88 Å². The summed E-state index contributed by atoms with van der Waals surface area (Å²) in [5.41, 5.74) is 6.37. The van der Waals surface area contributed by atoms with Gasteiger partial charge in [0.1, 0.15) is 15.6 Å². The lowest BCUT2D eigenvalue weighted by molar-refractivity contribution is 0.0530. The molecule has 1 unspecified atom stereocenters. The minimum Gasteiger partial charge on any atom is -0.492 e. The molecule has 112 valence electrons. The highest BCUT2D eigenvalue weighted by atomic mass is 32.1. The molecule has 0 aromatic carbocycles. The van der Waals surface area contributed by atoms with Gasteiger partial charge in [-0.1, -0.05) is 0 Å². The Morgan fingerprint density at radius 2 is 2.35 bits per heavy atom. The molecule has 0 spiro atoms. The number of nitrogens with zero attached hydrogens (tertiary/aromatic N) is 1. The topological polar surface area (TPSA) is 74.0 Å². The van der Waals surface area contributed by atoms with Crippen molar-refractivity contribution in [2.24, 2.45) is 0 Å². The average Bonchev–Trinajstić information content (AvgIpc) is 2.76. The maximum atomic E-state index is 11.9. The van der Waals surface area contributed by atoms with Crippen molar-refractivity contribution < 1.29 is 19.0 Å². The predicted molar refractivity (Wildman–Crippen MR) is 78.9 cm³/mol. The number of hydrogen-bond acceptors (Lipinski definition) is 7. The summed E-state index contributed by atoms with van der Waals surface area (Å²) in [5, 5.41) is 0.864. The Balaban J connectivity index is 2.32. The van der Waals surface area contributed by atoms with Gasteiger partial charge >= 0.3 is 5.97 Å². The van der Waals surface area contributed by atoms with Gasteiger partial charge in [0.05, 0.1) is 26.4 Å². The fourth-order valence-electron chi connectivity index (χ4n) is 2.17. The number of morpholine rings is 1. The van der Waals surface area contributed by atoms with Crippen LogP contribution in [0, 0.1) is 0 Å². The van der Waals surface area contributed by atoms with Crippen LogP contribution in [-0.2, 0) is 9.47 Å². The first-order valence-electron chi connectivity index (χ1n) is 6.58. The lowest BCUT2D eigenvalue weighted by Crippen LogP contribution is -2.40. The Hall–Kier alpha value is -1.47. The Bertz CT molecular complexity index is 489. The van der Waals surface area contributed by atoms with Crippen molar-refractivity contribution in [3.8, 4) is 5.75 Å². The molecule has 0 bridgehead atoms. The first-order valence-corrected chi connectivity index (χ1v) is 7.40. The Morgan fingerprint density at radius 3 is 2.95 bits per heavy atom. The van der Waals surface area contributed by atoms with Gasteiger partial charge in [0.15, 0.2) is 5.75 Å². The van der Waals surface area contributed by atoms with E-state index in [2.05, 4.69) is 4.90 Å². The third kappa shape index (κ3) is 2.83. The quantitative estimate of drug-likeness (QED) is 0.854. The number of hydrogen-bond donors (Lipinski definition) is 1. The molecule has 0 amide bonds. The number of rotatable bonds is 4. The summed E-state index contributed by atoms with van der Waals surface area (Å²) in [6.07, 6.45) is 0.142. The zero-order valence-electron chi connectivity index (χ0n) is 12.0. The van der Waals surface area contributed by atoms with Gasteiger partial charge in [-0.05, 0) is 13.8 Å². The maximum Gasteiger partial charge on any atom is 0.350 e. The molecule has 0 saturated carbocycles. The van der Waals surface area contributed by atoms with Crippen molar-refractivity contribution in [2.45, 2.75) is 20.0 Å². The second-order valence-electron chi connectivity index (χ2n) is 4.53.